The van der Waals surface area contributed by atoms with Crippen LogP contribution in [0.5, 0.6) is 0 Å². The van der Waals surface area contributed by atoms with E-state index in [0.717, 1.165) is 5.56 Å². The third kappa shape index (κ3) is 2.85. The fourth-order valence-electron chi connectivity index (χ4n) is 2.16. The van der Waals surface area contributed by atoms with Crippen LogP contribution in [-0.2, 0) is 6.42 Å². The highest BCUT2D eigenvalue weighted by Crippen LogP contribution is 2.20. The summed E-state index contributed by atoms with van der Waals surface area (Å²) < 4.78 is 0. The van der Waals surface area contributed by atoms with Crippen molar-refractivity contribution in [3.63, 3.8) is 0 Å². The van der Waals surface area contributed by atoms with Gasteiger partial charge < -0.3 is 10.2 Å². The molecule has 2 aromatic carbocycles. The Bertz CT molecular complexity index is 660. The Balaban J connectivity index is 2.49. The van der Waals surface area contributed by atoms with E-state index in [-0.39, 0.29) is 11.1 Å². The minimum absolute atomic E-state index is 0.0270. The van der Waals surface area contributed by atoms with Crippen molar-refractivity contribution >= 4 is 11.9 Å². The van der Waals surface area contributed by atoms with Crippen molar-refractivity contribution in [1.82, 2.24) is 0 Å². The maximum Gasteiger partial charge on any atom is 0.336 e. The van der Waals surface area contributed by atoms with Gasteiger partial charge in [0.2, 0.25) is 0 Å². The zero-order valence-corrected chi connectivity index (χ0v) is 11.0. The third-order valence-electron chi connectivity index (χ3n) is 3.15. The molecule has 0 aliphatic heterocycles. The van der Waals surface area contributed by atoms with E-state index >= 15 is 0 Å². The average Bonchev–Trinajstić information content (AvgIpc) is 2.39. The highest BCUT2D eigenvalue weighted by molar-refractivity contribution is 5.96. The average molecular weight is 270 g/mol. The van der Waals surface area contributed by atoms with Gasteiger partial charge in [-0.2, -0.15) is 0 Å². The largest absolute Gasteiger partial charge is 0.478 e. The van der Waals surface area contributed by atoms with Crippen molar-refractivity contribution in [1.29, 1.82) is 0 Å². The van der Waals surface area contributed by atoms with Gasteiger partial charge in [-0.15, -0.1) is 0 Å². The molecular weight excluding hydrogens is 256 g/mol. The molecule has 0 bridgehead atoms. The Morgan fingerprint density at radius 1 is 0.950 bits per heavy atom. The van der Waals surface area contributed by atoms with E-state index in [2.05, 4.69) is 0 Å². The highest BCUT2D eigenvalue weighted by Gasteiger charge is 2.16. The van der Waals surface area contributed by atoms with E-state index in [4.69, 9.17) is 5.11 Å². The Labute approximate surface area is 116 Å². The molecule has 0 aromatic heterocycles. The molecule has 0 unspecified atom stereocenters. The first kappa shape index (κ1) is 13.8. The van der Waals surface area contributed by atoms with E-state index in [9.17, 15) is 14.7 Å². The number of aromatic carboxylic acids is 2. The Kier molecular flexibility index (Phi) is 3.84. The first-order chi connectivity index (χ1) is 9.49. The zero-order valence-electron chi connectivity index (χ0n) is 11.0. The second-order valence-electron chi connectivity index (χ2n) is 4.60. The number of hydrogen-bond donors (Lipinski definition) is 2. The Morgan fingerprint density at radius 3 is 2.10 bits per heavy atom. The van der Waals surface area contributed by atoms with Crippen molar-refractivity contribution in [2.45, 2.75) is 13.3 Å². The lowest BCUT2D eigenvalue weighted by Gasteiger charge is -2.10. The molecule has 0 atom stereocenters. The summed E-state index contributed by atoms with van der Waals surface area (Å²) >= 11 is 0. The predicted octanol–water partition coefficient (Wildman–Crippen LogP) is 2.98. The van der Waals surface area contributed by atoms with Gasteiger partial charge in [0.1, 0.15) is 0 Å². The van der Waals surface area contributed by atoms with Crippen molar-refractivity contribution in [2.75, 3.05) is 0 Å². The molecule has 0 fully saturated rings. The molecule has 0 aliphatic rings. The molecule has 2 N–H and O–H groups in total. The van der Waals surface area contributed by atoms with Gasteiger partial charge in [0.25, 0.3) is 0 Å². The molecule has 2 aromatic rings. The number of carboxylic acid groups (broad SMARTS) is 2. The number of aryl methyl sites for hydroxylation is 1. The molecule has 0 saturated heterocycles. The highest BCUT2D eigenvalue weighted by atomic mass is 16.4. The van der Waals surface area contributed by atoms with Crippen LogP contribution in [0.2, 0.25) is 0 Å². The van der Waals surface area contributed by atoms with Crippen LogP contribution in [0.3, 0.4) is 0 Å². The van der Waals surface area contributed by atoms with Crippen LogP contribution in [0.25, 0.3) is 0 Å². The molecule has 0 radical (unpaired) electrons. The number of hydrogen-bond acceptors (Lipinski definition) is 2. The van der Waals surface area contributed by atoms with Crippen LogP contribution in [-0.4, -0.2) is 22.2 Å². The smallest absolute Gasteiger partial charge is 0.336 e. The number of carbonyl (C=O) groups is 2. The van der Waals surface area contributed by atoms with E-state index in [1.807, 2.05) is 30.3 Å². The maximum atomic E-state index is 11.3. The molecular formula is C16H14O4. The van der Waals surface area contributed by atoms with Gasteiger partial charge in [-0.3, -0.25) is 0 Å². The standard InChI is InChI=1S/C16H14O4/c1-10-7-12(8-11-5-3-2-4-6-11)14(16(19)20)9-13(10)15(17)18/h2-7,9H,8H2,1H3,(H,17,18)(H,19,20). The Morgan fingerprint density at radius 2 is 1.55 bits per heavy atom. The topological polar surface area (TPSA) is 74.6 Å². The van der Waals surface area contributed by atoms with Crippen molar-refractivity contribution in [3.8, 4) is 0 Å². The van der Waals surface area contributed by atoms with Gasteiger partial charge >= 0.3 is 11.9 Å². The summed E-state index contributed by atoms with van der Waals surface area (Å²) in [6, 6.07) is 12.3. The van der Waals surface area contributed by atoms with Gasteiger partial charge in [0.15, 0.2) is 0 Å². The number of benzene rings is 2. The van der Waals surface area contributed by atoms with Crippen LogP contribution < -0.4 is 0 Å². The van der Waals surface area contributed by atoms with Gasteiger partial charge in [-0.1, -0.05) is 36.4 Å². The zero-order chi connectivity index (χ0) is 14.7. The minimum Gasteiger partial charge on any atom is -0.478 e. The van der Waals surface area contributed by atoms with E-state index in [0.29, 0.717) is 17.5 Å². The lowest BCUT2D eigenvalue weighted by molar-refractivity contribution is 0.0695. The summed E-state index contributed by atoms with van der Waals surface area (Å²) in [6.45, 7) is 1.67. The van der Waals surface area contributed by atoms with Gasteiger partial charge in [0, 0.05) is 0 Å². The summed E-state index contributed by atoms with van der Waals surface area (Å²) in [5.41, 5.74) is 2.23. The van der Waals surface area contributed by atoms with Gasteiger partial charge in [-0.25, -0.2) is 9.59 Å². The van der Waals surface area contributed by atoms with Crippen LogP contribution in [0, 0.1) is 6.92 Å². The molecule has 20 heavy (non-hydrogen) atoms. The van der Waals surface area contributed by atoms with Gasteiger partial charge in [-0.05, 0) is 36.1 Å². The number of carboxylic acids is 2. The predicted molar refractivity (Wildman–Crippen MR) is 74.3 cm³/mol. The third-order valence-corrected chi connectivity index (χ3v) is 3.15. The number of rotatable bonds is 4. The first-order valence-electron chi connectivity index (χ1n) is 6.13. The molecule has 2 rings (SSSR count). The molecule has 0 spiro atoms. The minimum atomic E-state index is -1.11. The molecule has 0 aliphatic carbocycles. The summed E-state index contributed by atoms with van der Waals surface area (Å²) in [7, 11) is 0. The van der Waals surface area contributed by atoms with E-state index < -0.39 is 11.9 Å². The quantitative estimate of drug-likeness (QED) is 0.895. The lowest BCUT2D eigenvalue weighted by atomic mass is 9.94. The second kappa shape index (κ2) is 5.57. The van der Waals surface area contributed by atoms with Crippen LogP contribution in [0.15, 0.2) is 42.5 Å². The van der Waals surface area contributed by atoms with E-state index in [1.165, 1.54) is 6.07 Å². The van der Waals surface area contributed by atoms with Crippen molar-refractivity contribution in [2.24, 2.45) is 0 Å². The molecule has 0 amide bonds. The summed E-state index contributed by atoms with van der Waals surface area (Å²) in [5, 5.41) is 18.3. The van der Waals surface area contributed by atoms with Crippen LogP contribution >= 0.6 is 0 Å². The fraction of sp³-hybridized carbons (Fsp3) is 0.125. The normalized spacial score (nSPS) is 10.2. The summed E-state index contributed by atoms with van der Waals surface area (Å²) in [5.74, 6) is -2.23. The first-order valence-corrected chi connectivity index (χ1v) is 6.13. The monoisotopic (exact) mass is 270 g/mol. The molecule has 0 heterocycles. The van der Waals surface area contributed by atoms with Crippen molar-refractivity contribution < 1.29 is 19.8 Å². The Hall–Kier alpha value is -2.62. The summed E-state index contributed by atoms with van der Waals surface area (Å²) in [6.07, 6.45) is 0.462. The lowest BCUT2D eigenvalue weighted by Crippen LogP contribution is -2.09. The maximum absolute atomic E-state index is 11.3. The van der Waals surface area contributed by atoms with Crippen LogP contribution in [0.1, 0.15) is 37.4 Å². The van der Waals surface area contributed by atoms with Crippen molar-refractivity contribution in [3.05, 3.63) is 70.3 Å². The molecule has 102 valence electrons. The second-order valence-corrected chi connectivity index (χ2v) is 4.60. The van der Waals surface area contributed by atoms with E-state index in [1.54, 1.807) is 13.0 Å². The molecule has 4 heteroatoms. The SMILES string of the molecule is Cc1cc(Cc2ccccc2)c(C(=O)O)cc1C(=O)O. The van der Waals surface area contributed by atoms with Gasteiger partial charge in [0.05, 0.1) is 11.1 Å². The van der Waals surface area contributed by atoms with Crippen LogP contribution in [0.4, 0.5) is 0 Å². The summed E-state index contributed by atoms with van der Waals surface area (Å²) in [4.78, 5) is 22.4. The fourth-order valence-corrected chi connectivity index (χ4v) is 2.16. The molecule has 0 saturated carbocycles. The molecule has 4 nitrogen and oxygen atoms in total.